The molecule has 0 spiro atoms. The van der Waals surface area contributed by atoms with E-state index in [-0.39, 0.29) is 17.0 Å². The molecule has 1 aromatic rings. The maximum absolute atomic E-state index is 12.8. The molecule has 0 amide bonds. The zero-order valence-electron chi connectivity index (χ0n) is 12.7. The maximum atomic E-state index is 12.8. The lowest BCUT2D eigenvalue weighted by Gasteiger charge is -2.53. The van der Waals surface area contributed by atoms with Crippen LogP contribution in [0.3, 0.4) is 0 Å². The Bertz CT molecular complexity index is 497. The number of carbonyl (C=O) groups is 1. The van der Waals surface area contributed by atoms with Crippen molar-refractivity contribution in [1.82, 2.24) is 0 Å². The summed E-state index contributed by atoms with van der Waals surface area (Å²) in [7, 11) is 0. The zero-order valence-corrected chi connectivity index (χ0v) is 14.3. The first-order valence-electron chi connectivity index (χ1n) is 8.17. The molecule has 0 aromatic carbocycles. The van der Waals surface area contributed by atoms with Crippen LogP contribution in [0.15, 0.2) is 24.5 Å². The molecule has 0 radical (unpaired) electrons. The van der Waals surface area contributed by atoms with Crippen molar-refractivity contribution in [1.29, 1.82) is 0 Å². The Morgan fingerprint density at radius 3 is 2.10 bits per heavy atom. The van der Waals surface area contributed by atoms with Gasteiger partial charge in [0.25, 0.3) is 0 Å². The van der Waals surface area contributed by atoms with E-state index >= 15 is 0 Å². The fourth-order valence-corrected chi connectivity index (χ4v) is 5.37. The molecular formula is C18H24BrNO. The third-order valence-corrected chi connectivity index (χ3v) is 5.99. The molecule has 4 bridgehead atoms. The van der Waals surface area contributed by atoms with Gasteiger partial charge in [0.1, 0.15) is 0 Å². The quantitative estimate of drug-likeness (QED) is 0.699. The molecule has 4 saturated carbocycles. The highest BCUT2D eigenvalue weighted by Crippen LogP contribution is 2.56. The first-order valence-corrected chi connectivity index (χ1v) is 8.17. The smallest absolute Gasteiger partial charge is 0.206 e. The normalized spacial score (nSPS) is 36.3. The van der Waals surface area contributed by atoms with Crippen molar-refractivity contribution in [2.75, 3.05) is 0 Å². The van der Waals surface area contributed by atoms with Crippen LogP contribution in [-0.2, 0) is 11.3 Å². The average Bonchev–Trinajstić information content (AvgIpc) is 2.40. The number of Topliss-reactive ketones (excluding diaryl/α,β-unsaturated/α-hetero) is 1. The van der Waals surface area contributed by atoms with Gasteiger partial charge in [0, 0.05) is 18.1 Å². The van der Waals surface area contributed by atoms with Crippen LogP contribution in [0.5, 0.6) is 0 Å². The Hall–Kier alpha value is -0.700. The van der Waals surface area contributed by atoms with Crippen molar-refractivity contribution >= 4 is 5.78 Å². The number of ketones is 1. The summed E-state index contributed by atoms with van der Waals surface area (Å²) in [5.74, 6) is 4.20. The Labute approximate surface area is 137 Å². The van der Waals surface area contributed by atoms with Crippen LogP contribution in [0.1, 0.15) is 37.7 Å². The number of aryl methyl sites for hydroxylation is 1. The number of halogens is 1. The van der Waals surface area contributed by atoms with Crippen LogP contribution in [0.2, 0.25) is 0 Å². The van der Waals surface area contributed by atoms with E-state index in [0.29, 0.717) is 30.1 Å². The van der Waals surface area contributed by atoms with E-state index in [1.165, 1.54) is 37.7 Å². The molecular weight excluding hydrogens is 326 g/mol. The first-order chi connectivity index (χ1) is 9.69. The molecule has 0 unspecified atom stereocenters. The Morgan fingerprint density at radius 2 is 1.57 bits per heavy atom. The lowest BCUT2D eigenvalue weighted by Crippen LogP contribution is -3.00. The molecule has 4 aliphatic carbocycles. The lowest BCUT2D eigenvalue weighted by atomic mass is 9.51. The Balaban J connectivity index is 0.00000132. The molecule has 21 heavy (non-hydrogen) atoms. The Morgan fingerprint density at radius 1 is 1.05 bits per heavy atom. The van der Waals surface area contributed by atoms with Gasteiger partial charge in [0.2, 0.25) is 12.3 Å². The fourth-order valence-electron chi connectivity index (χ4n) is 5.37. The molecule has 0 N–H and O–H groups in total. The number of pyridine rings is 1. The maximum Gasteiger partial charge on any atom is 0.206 e. The van der Waals surface area contributed by atoms with E-state index in [1.54, 1.807) is 0 Å². The zero-order chi connectivity index (χ0) is 13.7. The molecule has 114 valence electrons. The molecule has 0 aliphatic heterocycles. The van der Waals surface area contributed by atoms with E-state index in [2.05, 4.69) is 23.6 Å². The number of hydrogen-bond donors (Lipinski definition) is 0. The summed E-state index contributed by atoms with van der Waals surface area (Å²) in [5, 5.41) is 0. The lowest BCUT2D eigenvalue weighted by molar-refractivity contribution is -0.684. The van der Waals surface area contributed by atoms with Gasteiger partial charge in [0.05, 0.1) is 0 Å². The number of carbonyl (C=O) groups excluding carboxylic acids is 1. The summed E-state index contributed by atoms with van der Waals surface area (Å²) in [6.07, 6.45) is 10.9. The number of hydrogen-bond acceptors (Lipinski definition) is 1. The summed E-state index contributed by atoms with van der Waals surface area (Å²) >= 11 is 0. The predicted octanol–water partition coefficient (Wildman–Crippen LogP) is -0.0721. The standard InChI is InChI=1S/C18H24NO.BrH/c1-12-2-4-19(5-3-12)11-17(20)18-15-7-13-6-14(9-15)10-16(18)8-13;/h2-5,13-16,18H,6-11H2,1H3;1H/q+1;/p-1. The molecule has 0 atom stereocenters. The third-order valence-electron chi connectivity index (χ3n) is 5.99. The van der Waals surface area contributed by atoms with E-state index in [1.807, 2.05) is 12.4 Å². The minimum atomic E-state index is 0. The van der Waals surface area contributed by atoms with E-state index in [4.69, 9.17) is 0 Å². The summed E-state index contributed by atoms with van der Waals surface area (Å²) in [5.41, 5.74) is 1.25. The van der Waals surface area contributed by atoms with Crippen molar-refractivity contribution < 1.29 is 26.3 Å². The van der Waals surface area contributed by atoms with E-state index in [9.17, 15) is 4.79 Å². The molecule has 3 heteroatoms. The minimum Gasteiger partial charge on any atom is -1.00 e. The number of aromatic nitrogens is 1. The third kappa shape index (κ3) is 2.81. The van der Waals surface area contributed by atoms with Crippen LogP contribution in [0.25, 0.3) is 0 Å². The van der Waals surface area contributed by atoms with Gasteiger partial charge in [-0.3, -0.25) is 4.79 Å². The summed E-state index contributed by atoms with van der Waals surface area (Å²) < 4.78 is 2.06. The summed E-state index contributed by atoms with van der Waals surface area (Å²) in [6, 6.07) is 4.17. The van der Waals surface area contributed by atoms with Crippen LogP contribution < -0.4 is 21.5 Å². The van der Waals surface area contributed by atoms with Gasteiger partial charge in [-0.15, -0.1) is 0 Å². The van der Waals surface area contributed by atoms with Crippen molar-refractivity contribution in [2.45, 2.75) is 45.6 Å². The second-order valence-corrected chi connectivity index (χ2v) is 7.47. The molecule has 4 fully saturated rings. The van der Waals surface area contributed by atoms with Gasteiger partial charge in [-0.1, -0.05) is 0 Å². The molecule has 4 aliphatic rings. The van der Waals surface area contributed by atoms with Gasteiger partial charge in [-0.25, -0.2) is 0 Å². The first kappa shape index (κ1) is 15.2. The molecule has 2 nitrogen and oxygen atoms in total. The van der Waals surface area contributed by atoms with E-state index in [0.717, 1.165) is 11.8 Å². The summed E-state index contributed by atoms with van der Waals surface area (Å²) in [6.45, 7) is 2.66. The monoisotopic (exact) mass is 349 g/mol. The van der Waals surface area contributed by atoms with Crippen LogP contribution >= 0.6 is 0 Å². The minimum absolute atomic E-state index is 0. The Kier molecular flexibility index (Phi) is 4.22. The van der Waals surface area contributed by atoms with Crippen molar-refractivity contribution in [3.05, 3.63) is 30.1 Å². The highest BCUT2D eigenvalue weighted by Gasteiger charge is 2.50. The van der Waals surface area contributed by atoms with E-state index < -0.39 is 0 Å². The molecule has 5 rings (SSSR count). The van der Waals surface area contributed by atoms with Gasteiger partial charge < -0.3 is 17.0 Å². The van der Waals surface area contributed by atoms with Gasteiger partial charge in [0.15, 0.2) is 12.4 Å². The average molecular weight is 350 g/mol. The highest BCUT2D eigenvalue weighted by molar-refractivity contribution is 5.80. The van der Waals surface area contributed by atoms with Gasteiger partial charge in [-0.05, 0) is 68.3 Å². The van der Waals surface area contributed by atoms with Crippen molar-refractivity contribution in [3.8, 4) is 0 Å². The highest BCUT2D eigenvalue weighted by atomic mass is 79.9. The molecule has 0 saturated heterocycles. The van der Waals surface area contributed by atoms with Crippen LogP contribution in [-0.4, -0.2) is 5.78 Å². The SMILES string of the molecule is Cc1cc[n+](CC(=O)C2C3CC4CC(C3)CC2C4)cc1.[Br-]. The van der Waals surface area contributed by atoms with Crippen molar-refractivity contribution in [3.63, 3.8) is 0 Å². The van der Waals surface area contributed by atoms with Crippen LogP contribution in [0.4, 0.5) is 0 Å². The fraction of sp³-hybridized carbons (Fsp3) is 0.667. The van der Waals surface area contributed by atoms with Crippen molar-refractivity contribution in [2.24, 2.45) is 29.6 Å². The second kappa shape index (κ2) is 5.83. The van der Waals surface area contributed by atoms with Gasteiger partial charge in [-0.2, -0.15) is 4.57 Å². The number of nitrogens with zero attached hydrogens (tertiary/aromatic N) is 1. The molecule has 1 heterocycles. The predicted molar refractivity (Wildman–Crippen MR) is 76.9 cm³/mol. The topological polar surface area (TPSA) is 20.9 Å². The van der Waals surface area contributed by atoms with Gasteiger partial charge >= 0.3 is 0 Å². The van der Waals surface area contributed by atoms with Crippen LogP contribution in [0, 0.1) is 36.5 Å². The number of rotatable bonds is 3. The largest absolute Gasteiger partial charge is 1.00 e. The summed E-state index contributed by atoms with van der Waals surface area (Å²) in [4.78, 5) is 12.8. The second-order valence-electron chi connectivity index (χ2n) is 7.47. The molecule has 1 aromatic heterocycles.